The molecule has 1 aliphatic rings. The van der Waals surface area contributed by atoms with Crippen LogP contribution in [0, 0.1) is 6.92 Å². The third-order valence-corrected chi connectivity index (χ3v) is 7.20. The largest absolute Gasteiger partial charge is 0.473 e. The summed E-state index contributed by atoms with van der Waals surface area (Å²) in [5.74, 6) is -0.148. The fourth-order valence-electron chi connectivity index (χ4n) is 4.22. The van der Waals surface area contributed by atoms with E-state index in [1.807, 2.05) is 44.2 Å². The zero-order valence-electron chi connectivity index (χ0n) is 21.3. The maximum absolute atomic E-state index is 9.10. The number of nitrogens with zero attached hydrogens (tertiary/aromatic N) is 6. The number of likely N-dealkylation sites (tertiary alicyclic amines) is 1. The number of fused-ring (bicyclic) bond motifs is 1. The third-order valence-electron chi connectivity index (χ3n) is 6.16. The molecule has 3 N–H and O–H groups in total. The molecule has 0 atom stereocenters. The van der Waals surface area contributed by atoms with Crippen LogP contribution in [0.25, 0.3) is 11.0 Å². The number of para-hydroxylation sites is 2. The van der Waals surface area contributed by atoms with E-state index in [0.29, 0.717) is 18.5 Å². The highest BCUT2D eigenvalue weighted by molar-refractivity contribution is 7.99. The number of rotatable bonds is 8. The average molecular weight is 542 g/mol. The highest BCUT2D eigenvalue weighted by Gasteiger charge is 2.22. The summed E-state index contributed by atoms with van der Waals surface area (Å²) in [4.78, 5) is 34.3. The van der Waals surface area contributed by atoms with Crippen molar-refractivity contribution in [3.8, 4) is 0 Å². The molecule has 0 aliphatic carbocycles. The fourth-order valence-corrected chi connectivity index (χ4v) is 5.15. The van der Waals surface area contributed by atoms with Gasteiger partial charge in [0.1, 0.15) is 5.76 Å². The zero-order valence-corrected chi connectivity index (χ0v) is 22.1. The van der Waals surface area contributed by atoms with Crippen molar-refractivity contribution < 1.29 is 24.2 Å². The molecule has 4 heterocycles. The Labute approximate surface area is 223 Å². The van der Waals surface area contributed by atoms with Crippen LogP contribution in [0.3, 0.4) is 0 Å². The first kappa shape index (κ1) is 27.2. The Kier molecular flexibility index (Phi) is 9.02. The van der Waals surface area contributed by atoms with E-state index in [-0.39, 0.29) is 0 Å². The van der Waals surface area contributed by atoms with Gasteiger partial charge in [0.15, 0.2) is 11.0 Å². The van der Waals surface area contributed by atoms with Gasteiger partial charge in [-0.15, -0.1) is 0 Å². The first-order valence-corrected chi connectivity index (χ1v) is 13.2. The molecule has 1 fully saturated rings. The van der Waals surface area contributed by atoms with Crippen LogP contribution in [0.4, 0.5) is 5.95 Å². The number of carbonyl (C=O) groups is 2. The number of nitrogens with one attached hydrogen (secondary N) is 1. The summed E-state index contributed by atoms with van der Waals surface area (Å²) in [6.45, 7) is 5.78. The Morgan fingerprint density at radius 1 is 1.16 bits per heavy atom. The van der Waals surface area contributed by atoms with Crippen molar-refractivity contribution in [2.75, 3.05) is 30.7 Å². The Morgan fingerprint density at radius 2 is 1.89 bits per heavy atom. The predicted molar refractivity (Wildman–Crippen MR) is 142 cm³/mol. The molecule has 0 amide bonds. The monoisotopic (exact) mass is 541 g/mol. The lowest BCUT2D eigenvalue weighted by Gasteiger charge is -2.32. The summed E-state index contributed by atoms with van der Waals surface area (Å²) in [7, 11) is 2.05. The van der Waals surface area contributed by atoms with Crippen LogP contribution in [0.15, 0.2) is 52.4 Å². The number of aromatic nitrogens is 5. The van der Waals surface area contributed by atoms with E-state index in [4.69, 9.17) is 29.2 Å². The van der Waals surface area contributed by atoms with Gasteiger partial charge in [0.05, 0.1) is 23.8 Å². The second-order valence-electron chi connectivity index (χ2n) is 8.90. The molecule has 0 unspecified atom stereocenters. The minimum Gasteiger partial charge on any atom is -0.473 e. The van der Waals surface area contributed by atoms with E-state index in [1.54, 1.807) is 6.20 Å². The number of imidazole rings is 2. The van der Waals surface area contributed by atoms with E-state index in [0.717, 1.165) is 66.1 Å². The van der Waals surface area contributed by atoms with Gasteiger partial charge >= 0.3 is 11.9 Å². The van der Waals surface area contributed by atoms with E-state index >= 15 is 0 Å². The molecule has 0 radical (unpaired) electrons. The molecule has 38 heavy (non-hydrogen) atoms. The van der Waals surface area contributed by atoms with Gasteiger partial charge < -0.3 is 34.0 Å². The second kappa shape index (κ2) is 12.6. The number of aliphatic carboxylic acids is 2. The van der Waals surface area contributed by atoms with Gasteiger partial charge in [0, 0.05) is 57.8 Å². The minimum absolute atomic E-state index is 0.417. The van der Waals surface area contributed by atoms with Crippen molar-refractivity contribution in [3.05, 3.63) is 54.5 Å². The van der Waals surface area contributed by atoms with E-state index in [2.05, 4.69) is 47.5 Å². The van der Waals surface area contributed by atoms with Crippen LogP contribution in [-0.4, -0.2) is 82.6 Å². The van der Waals surface area contributed by atoms with Crippen molar-refractivity contribution in [3.63, 3.8) is 0 Å². The highest BCUT2D eigenvalue weighted by atomic mass is 32.2. The van der Waals surface area contributed by atoms with Crippen LogP contribution in [-0.2, 0) is 23.2 Å². The lowest BCUT2D eigenvalue weighted by molar-refractivity contribution is -0.159. The van der Waals surface area contributed by atoms with Gasteiger partial charge in [-0.2, -0.15) is 0 Å². The summed E-state index contributed by atoms with van der Waals surface area (Å²) >= 11 is 1.82. The molecular weight excluding hydrogens is 510 g/mol. The number of anilines is 1. The molecule has 0 saturated carbocycles. The number of hydrogen-bond acceptors (Lipinski definition) is 9. The lowest BCUT2D eigenvalue weighted by Crippen LogP contribution is -2.40. The number of aryl methyl sites for hydroxylation is 2. The zero-order chi connectivity index (χ0) is 27.1. The maximum Gasteiger partial charge on any atom is 0.414 e. The van der Waals surface area contributed by atoms with Crippen LogP contribution in [0.2, 0.25) is 0 Å². The van der Waals surface area contributed by atoms with Crippen LogP contribution >= 0.6 is 11.8 Å². The van der Waals surface area contributed by atoms with Crippen LogP contribution < -0.4 is 5.32 Å². The number of thioether (sulfide) groups is 1. The van der Waals surface area contributed by atoms with E-state index < -0.39 is 11.9 Å². The highest BCUT2D eigenvalue weighted by Crippen LogP contribution is 2.24. The smallest absolute Gasteiger partial charge is 0.414 e. The van der Waals surface area contributed by atoms with Gasteiger partial charge in [-0.3, -0.25) is 0 Å². The SMILES string of the molecule is Cc1ncc(Cn2c(NC3CCN(CCSc4nccn4C)CC3)nc3ccccc32)o1.O=C(O)C(=O)O. The molecule has 202 valence electrons. The summed E-state index contributed by atoms with van der Waals surface area (Å²) in [6.07, 6.45) is 7.87. The molecule has 1 saturated heterocycles. The standard InChI is InChI=1S/C23H29N7OS.C2H2O4/c1-17-25-15-19(31-17)16-30-21-6-4-3-5-20(21)27-22(30)26-18-7-10-29(11-8-18)13-14-32-23-24-9-12-28(23)2;3-1(4)2(5)6/h3-6,9,12,15,18H,7-8,10-11,13-14,16H2,1-2H3,(H,26,27);(H,3,4)(H,5,6). The molecule has 5 rings (SSSR count). The van der Waals surface area contributed by atoms with Gasteiger partial charge in [0.2, 0.25) is 5.95 Å². The molecule has 1 aliphatic heterocycles. The van der Waals surface area contributed by atoms with Crippen LogP contribution in [0.1, 0.15) is 24.5 Å². The summed E-state index contributed by atoms with van der Waals surface area (Å²) < 4.78 is 10.0. The number of carboxylic acids is 2. The normalized spacial score (nSPS) is 14.3. The minimum atomic E-state index is -1.82. The number of oxazole rings is 1. The quantitative estimate of drug-likeness (QED) is 0.223. The lowest BCUT2D eigenvalue weighted by atomic mass is 10.1. The molecule has 0 spiro atoms. The Balaban J connectivity index is 0.000000505. The number of carboxylic acid groups (broad SMARTS) is 2. The average Bonchev–Trinajstić information content (AvgIpc) is 3.60. The Morgan fingerprint density at radius 3 is 2.53 bits per heavy atom. The number of benzene rings is 1. The molecule has 3 aromatic heterocycles. The second-order valence-corrected chi connectivity index (χ2v) is 9.96. The predicted octanol–water partition coefficient (Wildman–Crippen LogP) is 2.94. The molecule has 0 bridgehead atoms. The van der Waals surface area contributed by atoms with Gasteiger partial charge in [0.25, 0.3) is 0 Å². The molecule has 4 aromatic rings. The molecular formula is C25H31N7O5S. The first-order chi connectivity index (χ1) is 18.3. The number of piperidine rings is 1. The number of hydrogen-bond donors (Lipinski definition) is 3. The van der Waals surface area contributed by atoms with Gasteiger partial charge in [-0.25, -0.2) is 24.5 Å². The Bertz CT molecular complexity index is 1360. The summed E-state index contributed by atoms with van der Waals surface area (Å²) in [6, 6.07) is 8.67. The van der Waals surface area contributed by atoms with Crippen LogP contribution in [0.5, 0.6) is 0 Å². The van der Waals surface area contributed by atoms with E-state index in [9.17, 15) is 0 Å². The third kappa shape index (κ3) is 7.13. The van der Waals surface area contributed by atoms with E-state index in [1.165, 1.54) is 0 Å². The fraction of sp³-hybridized carbons (Fsp3) is 0.400. The molecule has 1 aromatic carbocycles. The maximum atomic E-state index is 9.10. The van der Waals surface area contributed by atoms with Crippen molar-refractivity contribution in [2.24, 2.45) is 7.05 Å². The van der Waals surface area contributed by atoms with Crippen molar-refractivity contribution in [1.29, 1.82) is 0 Å². The summed E-state index contributed by atoms with van der Waals surface area (Å²) in [5.41, 5.74) is 2.10. The topological polar surface area (TPSA) is 152 Å². The molecule has 13 heteroatoms. The van der Waals surface area contributed by atoms with Gasteiger partial charge in [-0.1, -0.05) is 23.9 Å². The molecule has 12 nitrogen and oxygen atoms in total. The first-order valence-electron chi connectivity index (χ1n) is 12.2. The van der Waals surface area contributed by atoms with Gasteiger partial charge in [-0.05, 0) is 25.0 Å². The summed E-state index contributed by atoms with van der Waals surface area (Å²) in [5, 5.41) is 19.6. The van der Waals surface area contributed by atoms with Crippen molar-refractivity contribution >= 4 is 40.7 Å². The van der Waals surface area contributed by atoms with Crippen molar-refractivity contribution in [2.45, 2.75) is 37.5 Å². The Hall–Kier alpha value is -3.84. The van der Waals surface area contributed by atoms with Crippen molar-refractivity contribution in [1.82, 2.24) is 29.0 Å².